The molecule has 13 heavy (non-hydrogen) atoms. The second-order valence-corrected chi connectivity index (χ2v) is 4.04. The summed E-state index contributed by atoms with van der Waals surface area (Å²) in [6.07, 6.45) is -2.23. The lowest BCUT2D eigenvalue weighted by Gasteiger charge is -2.19. The zero-order chi connectivity index (χ0) is 9.90. The molecular formula is C7H11F2NO2S. The molecule has 0 spiro atoms. The summed E-state index contributed by atoms with van der Waals surface area (Å²) in [5, 5.41) is 11.6. The molecule has 0 bridgehead atoms. The van der Waals surface area contributed by atoms with Crippen molar-refractivity contribution in [1.82, 2.24) is 5.32 Å². The summed E-state index contributed by atoms with van der Waals surface area (Å²) in [6, 6.07) is 0. The quantitative estimate of drug-likeness (QED) is 0.703. The molecule has 0 aromatic carbocycles. The Hall–Kier alpha value is -0.360. The Labute approximate surface area is 78.9 Å². The van der Waals surface area contributed by atoms with Crippen molar-refractivity contribution in [3.8, 4) is 0 Å². The number of alkyl halides is 2. The minimum absolute atomic E-state index is 0.294. The Morgan fingerprint density at radius 2 is 2.38 bits per heavy atom. The van der Waals surface area contributed by atoms with E-state index in [0.717, 1.165) is 0 Å². The first-order valence-electron chi connectivity index (χ1n) is 3.91. The van der Waals surface area contributed by atoms with Crippen molar-refractivity contribution >= 4 is 17.7 Å². The van der Waals surface area contributed by atoms with Gasteiger partial charge in [-0.25, -0.2) is 8.78 Å². The van der Waals surface area contributed by atoms with Crippen LogP contribution in [-0.2, 0) is 4.79 Å². The zero-order valence-corrected chi connectivity index (χ0v) is 7.74. The van der Waals surface area contributed by atoms with E-state index in [0.29, 0.717) is 17.9 Å². The zero-order valence-electron chi connectivity index (χ0n) is 6.93. The van der Waals surface area contributed by atoms with Crippen LogP contribution in [-0.4, -0.2) is 41.1 Å². The molecule has 1 rings (SSSR count). The van der Waals surface area contributed by atoms with Gasteiger partial charge in [0, 0.05) is 5.75 Å². The van der Waals surface area contributed by atoms with Crippen LogP contribution in [0.1, 0.15) is 6.42 Å². The molecule has 1 unspecified atom stereocenters. The maximum Gasteiger partial charge on any atom is 0.255 e. The van der Waals surface area contributed by atoms with Crippen LogP contribution in [0, 0.1) is 0 Å². The van der Waals surface area contributed by atoms with Crippen LogP contribution < -0.4 is 5.32 Å². The minimum atomic E-state index is -2.57. The van der Waals surface area contributed by atoms with E-state index in [2.05, 4.69) is 0 Å². The highest BCUT2D eigenvalue weighted by atomic mass is 32.2. The molecule has 6 heteroatoms. The number of aliphatic hydroxyl groups is 1. The highest BCUT2D eigenvalue weighted by molar-refractivity contribution is 7.99. The van der Waals surface area contributed by atoms with E-state index in [1.807, 2.05) is 5.32 Å². The predicted octanol–water partition coefficient (Wildman–Crippen LogP) is 0.236. The average Bonchev–Trinajstić information content (AvgIpc) is 2.49. The van der Waals surface area contributed by atoms with Crippen molar-refractivity contribution < 1.29 is 18.7 Å². The molecule has 1 fully saturated rings. The standard InChI is InChI=1S/C7H11F2NO2S/c8-5(9)3-10-6(11)7(12)1-2-13-4-7/h5,12H,1-4H2,(H,10,11). The van der Waals surface area contributed by atoms with Crippen molar-refractivity contribution in [3.63, 3.8) is 0 Å². The number of amides is 1. The molecule has 1 amide bonds. The molecule has 0 aliphatic carbocycles. The molecule has 1 heterocycles. The Balaban J connectivity index is 2.38. The number of rotatable bonds is 3. The fraction of sp³-hybridized carbons (Fsp3) is 0.857. The fourth-order valence-electron chi connectivity index (χ4n) is 1.07. The van der Waals surface area contributed by atoms with Gasteiger partial charge in [0.1, 0.15) is 0 Å². The van der Waals surface area contributed by atoms with Crippen LogP contribution in [0.3, 0.4) is 0 Å². The lowest BCUT2D eigenvalue weighted by molar-refractivity contribution is -0.137. The second-order valence-electron chi connectivity index (χ2n) is 2.94. The number of carbonyl (C=O) groups excluding carboxylic acids is 1. The summed E-state index contributed by atoms with van der Waals surface area (Å²) in [6.45, 7) is -0.689. The van der Waals surface area contributed by atoms with Gasteiger partial charge in [0.05, 0.1) is 6.54 Å². The molecule has 0 aromatic rings. The van der Waals surface area contributed by atoms with Crippen LogP contribution in [0.15, 0.2) is 0 Å². The van der Waals surface area contributed by atoms with E-state index in [-0.39, 0.29) is 0 Å². The van der Waals surface area contributed by atoms with Gasteiger partial charge < -0.3 is 10.4 Å². The van der Waals surface area contributed by atoms with E-state index >= 15 is 0 Å². The van der Waals surface area contributed by atoms with Gasteiger partial charge in [-0.2, -0.15) is 11.8 Å². The third-order valence-electron chi connectivity index (χ3n) is 1.84. The molecule has 1 atom stereocenters. The topological polar surface area (TPSA) is 49.3 Å². The summed E-state index contributed by atoms with van der Waals surface area (Å²) in [5.41, 5.74) is -1.43. The lowest BCUT2D eigenvalue weighted by atomic mass is 10.0. The number of thioether (sulfide) groups is 1. The number of carbonyl (C=O) groups is 1. The van der Waals surface area contributed by atoms with E-state index in [9.17, 15) is 18.7 Å². The van der Waals surface area contributed by atoms with Gasteiger partial charge >= 0.3 is 0 Å². The van der Waals surface area contributed by atoms with Crippen LogP contribution in [0.5, 0.6) is 0 Å². The maximum absolute atomic E-state index is 11.7. The molecule has 1 saturated heterocycles. The third kappa shape index (κ3) is 2.80. The van der Waals surface area contributed by atoms with Crippen LogP contribution in [0.4, 0.5) is 8.78 Å². The van der Waals surface area contributed by atoms with E-state index < -0.39 is 24.5 Å². The highest BCUT2D eigenvalue weighted by Crippen LogP contribution is 2.27. The summed E-state index contributed by atoms with van der Waals surface area (Å²) in [7, 11) is 0. The third-order valence-corrected chi connectivity index (χ3v) is 3.01. The number of hydrogen-bond acceptors (Lipinski definition) is 3. The second kappa shape index (κ2) is 4.23. The molecule has 1 aliphatic rings. The summed E-state index contributed by atoms with van der Waals surface area (Å²) in [4.78, 5) is 11.2. The highest BCUT2D eigenvalue weighted by Gasteiger charge is 2.39. The SMILES string of the molecule is O=C(NCC(F)F)C1(O)CCSC1. The van der Waals surface area contributed by atoms with Crippen LogP contribution in [0.2, 0.25) is 0 Å². The van der Waals surface area contributed by atoms with Gasteiger partial charge in [-0.15, -0.1) is 0 Å². The fourth-order valence-corrected chi connectivity index (χ4v) is 2.31. The lowest BCUT2D eigenvalue weighted by Crippen LogP contribution is -2.48. The van der Waals surface area contributed by atoms with E-state index in [1.165, 1.54) is 11.8 Å². The van der Waals surface area contributed by atoms with Crippen molar-refractivity contribution in [1.29, 1.82) is 0 Å². The van der Waals surface area contributed by atoms with Gasteiger partial charge in [0.25, 0.3) is 12.3 Å². The summed E-state index contributed by atoms with van der Waals surface area (Å²) < 4.78 is 23.4. The van der Waals surface area contributed by atoms with Crippen molar-refractivity contribution in [2.24, 2.45) is 0 Å². The van der Waals surface area contributed by atoms with Gasteiger partial charge in [-0.1, -0.05) is 0 Å². The number of hydrogen-bond donors (Lipinski definition) is 2. The van der Waals surface area contributed by atoms with Gasteiger partial charge in [-0.3, -0.25) is 4.79 Å². The number of nitrogens with one attached hydrogen (secondary N) is 1. The normalized spacial score (nSPS) is 28.0. The Kier molecular flexibility index (Phi) is 3.49. The molecule has 0 radical (unpaired) electrons. The summed E-state index contributed by atoms with van der Waals surface area (Å²) >= 11 is 1.45. The Morgan fingerprint density at radius 1 is 1.69 bits per heavy atom. The van der Waals surface area contributed by atoms with Crippen molar-refractivity contribution in [2.75, 3.05) is 18.1 Å². The van der Waals surface area contributed by atoms with Crippen molar-refractivity contribution in [2.45, 2.75) is 18.4 Å². The van der Waals surface area contributed by atoms with Crippen LogP contribution >= 0.6 is 11.8 Å². The van der Waals surface area contributed by atoms with Gasteiger partial charge in [-0.05, 0) is 12.2 Å². The van der Waals surface area contributed by atoms with E-state index in [1.54, 1.807) is 0 Å². The molecule has 76 valence electrons. The van der Waals surface area contributed by atoms with Gasteiger partial charge in [0.15, 0.2) is 5.60 Å². The summed E-state index contributed by atoms with van der Waals surface area (Å²) in [5.74, 6) is 0.304. The first kappa shape index (κ1) is 10.7. The molecule has 2 N–H and O–H groups in total. The first-order chi connectivity index (χ1) is 6.04. The van der Waals surface area contributed by atoms with E-state index in [4.69, 9.17) is 0 Å². The number of halogens is 2. The Bertz CT molecular complexity index is 195. The first-order valence-corrected chi connectivity index (χ1v) is 5.07. The van der Waals surface area contributed by atoms with Crippen LogP contribution in [0.25, 0.3) is 0 Å². The van der Waals surface area contributed by atoms with Gasteiger partial charge in [0.2, 0.25) is 0 Å². The molecular weight excluding hydrogens is 200 g/mol. The molecule has 1 aliphatic heterocycles. The smallest absolute Gasteiger partial charge is 0.255 e. The monoisotopic (exact) mass is 211 g/mol. The Morgan fingerprint density at radius 3 is 2.85 bits per heavy atom. The maximum atomic E-state index is 11.7. The van der Waals surface area contributed by atoms with Crippen molar-refractivity contribution in [3.05, 3.63) is 0 Å². The minimum Gasteiger partial charge on any atom is -0.379 e. The predicted molar refractivity (Wildman–Crippen MR) is 45.9 cm³/mol. The molecule has 0 saturated carbocycles. The molecule has 0 aromatic heterocycles. The largest absolute Gasteiger partial charge is 0.379 e. The molecule has 3 nitrogen and oxygen atoms in total. The average molecular weight is 211 g/mol.